The zero-order valence-electron chi connectivity index (χ0n) is 14.4. The van der Waals surface area contributed by atoms with Crippen LogP contribution in [0.3, 0.4) is 0 Å². The molecule has 0 aliphatic heterocycles. The minimum Gasteiger partial charge on any atom is -0.266 e. The first-order valence-corrected chi connectivity index (χ1v) is 9.61. The van der Waals surface area contributed by atoms with E-state index in [1.54, 1.807) is 0 Å². The van der Waals surface area contributed by atoms with Crippen molar-refractivity contribution in [1.82, 2.24) is 3.94 Å². The molecular formula is C15H29Cl2NSiTi-. The van der Waals surface area contributed by atoms with Gasteiger partial charge in [0, 0.05) is 36.8 Å². The maximum absolute atomic E-state index is 5.35. The van der Waals surface area contributed by atoms with Gasteiger partial charge in [-0.05, 0) is 44.3 Å². The van der Waals surface area contributed by atoms with Crippen molar-refractivity contribution in [2.45, 2.75) is 67.1 Å². The van der Waals surface area contributed by atoms with Gasteiger partial charge in [-0.25, -0.2) is 5.57 Å². The van der Waals surface area contributed by atoms with Crippen molar-refractivity contribution in [1.29, 1.82) is 0 Å². The van der Waals surface area contributed by atoms with Crippen LogP contribution >= 0.6 is 23.6 Å². The van der Waals surface area contributed by atoms with Crippen LogP contribution in [0.1, 0.15) is 48.5 Å². The largest absolute Gasteiger partial charge is 0.266 e. The monoisotopic (exact) mass is 369 g/mol. The second-order valence-electron chi connectivity index (χ2n) is 5.78. The summed E-state index contributed by atoms with van der Waals surface area (Å²) in [7, 11) is 0.750. The third-order valence-electron chi connectivity index (χ3n) is 2.74. The van der Waals surface area contributed by atoms with Gasteiger partial charge < -0.3 is 0 Å². The summed E-state index contributed by atoms with van der Waals surface area (Å²) in [6, 6.07) is 0. The van der Waals surface area contributed by atoms with Gasteiger partial charge in [-0.3, -0.25) is 6.08 Å². The van der Waals surface area contributed by atoms with E-state index >= 15 is 0 Å². The minimum absolute atomic E-state index is 0. The zero-order valence-corrected chi connectivity index (χ0v) is 18.6. The van der Waals surface area contributed by atoms with E-state index in [2.05, 4.69) is 46.9 Å². The number of nitrogens with zero attached hydrogens (tertiary/aromatic N) is 1. The molecule has 0 saturated carbocycles. The maximum atomic E-state index is 5.35. The molecule has 0 heterocycles. The molecule has 0 amide bonds. The molecule has 117 valence electrons. The van der Waals surface area contributed by atoms with Gasteiger partial charge in [0.2, 0.25) is 0 Å². The Morgan fingerprint density at radius 3 is 1.45 bits per heavy atom. The fraction of sp³-hybridized carbons (Fsp3) is 0.733. The summed E-state index contributed by atoms with van der Waals surface area (Å²) in [4.78, 5) is 0. The van der Waals surface area contributed by atoms with Crippen molar-refractivity contribution in [2.24, 2.45) is 5.92 Å². The van der Waals surface area contributed by atoms with Gasteiger partial charge in [-0.2, -0.15) is 11.1 Å². The Balaban J connectivity index is -0.000000238. The van der Waals surface area contributed by atoms with Gasteiger partial charge in [0.15, 0.2) is 0 Å². The summed E-state index contributed by atoms with van der Waals surface area (Å²) < 4.78 is 1.13. The summed E-state index contributed by atoms with van der Waals surface area (Å²) in [5.41, 5.74) is 4.11. The molecule has 5 heteroatoms. The van der Waals surface area contributed by atoms with Crippen molar-refractivity contribution in [3.63, 3.8) is 0 Å². The van der Waals surface area contributed by atoms with Crippen molar-refractivity contribution >= 4 is 33.1 Å². The van der Waals surface area contributed by atoms with Crippen LogP contribution in [0.25, 0.3) is 0 Å². The van der Waals surface area contributed by atoms with Crippen LogP contribution in [-0.2, 0) is 21.7 Å². The van der Waals surface area contributed by atoms with E-state index in [4.69, 9.17) is 23.6 Å². The van der Waals surface area contributed by atoms with Crippen molar-refractivity contribution in [3.05, 3.63) is 22.8 Å². The summed E-state index contributed by atoms with van der Waals surface area (Å²) >= 11 is 10.7. The van der Waals surface area contributed by atoms with Gasteiger partial charge in [-0.1, -0.05) is 39.8 Å². The molecule has 0 fully saturated rings. The Bertz CT molecular complexity index is 320. The van der Waals surface area contributed by atoms with Gasteiger partial charge in [0.25, 0.3) is 0 Å². The van der Waals surface area contributed by atoms with E-state index < -0.39 is 0 Å². The normalized spacial score (nSPS) is 17.6. The number of hydrogen-bond donors (Lipinski definition) is 0. The fourth-order valence-electron chi connectivity index (χ4n) is 1.16. The van der Waals surface area contributed by atoms with E-state index in [1.165, 1.54) is 16.7 Å². The predicted molar refractivity (Wildman–Crippen MR) is 92.1 cm³/mol. The maximum Gasteiger partial charge on any atom is 0.0442 e. The Morgan fingerprint density at radius 2 is 1.40 bits per heavy atom. The van der Waals surface area contributed by atoms with Crippen molar-refractivity contribution in [2.75, 3.05) is 0 Å². The number of allylic oxidation sites excluding steroid dienone is 4. The molecule has 1 rings (SSSR count). The van der Waals surface area contributed by atoms with Gasteiger partial charge in [-0.15, -0.1) is 10.9 Å². The molecule has 1 unspecified atom stereocenters. The number of rotatable bonds is 0. The topological polar surface area (TPSA) is 3.24 Å². The van der Waals surface area contributed by atoms with Gasteiger partial charge >= 0.3 is 0 Å². The van der Waals surface area contributed by atoms with Crippen LogP contribution in [-0.4, -0.2) is 19.0 Å². The molecule has 0 N–H and O–H groups in total. The van der Waals surface area contributed by atoms with Crippen LogP contribution in [0.15, 0.2) is 16.7 Å². The predicted octanol–water partition coefficient (Wildman–Crippen LogP) is 5.63. The molecular weight excluding hydrogens is 341 g/mol. The first-order chi connectivity index (χ1) is 8.48. The van der Waals surface area contributed by atoms with Crippen LogP contribution in [0.4, 0.5) is 0 Å². The van der Waals surface area contributed by atoms with Crippen molar-refractivity contribution < 1.29 is 21.7 Å². The SMILES string of the molecule is CC(C)(C)N(Cl)Cl.CC1=[C-]C(C)C(C)=C1C.C[SiH]C.[Ti]. The Morgan fingerprint density at radius 1 is 1.10 bits per heavy atom. The molecule has 20 heavy (non-hydrogen) atoms. The number of hydrogen-bond acceptors (Lipinski definition) is 1. The average molecular weight is 370 g/mol. The van der Waals surface area contributed by atoms with Gasteiger partial charge in [0.1, 0.15) is 0 Å². The molecule has 1 atom stereocenters. The molecule has 0 aromatic carbocycles. The quantitative estimate of drug-likeness (QED) is 0.303. The molecule has 0 aromatic heterocycles. The van der Waals surface area contributed by atoms with E-state index in [9.17, 15) is 0 Å². The Kier molecular flexibility index (Phi) is 16.2. The second-order valence-corrected chi connectivity index (χ2v) is 7.78. The van der Waals surface area contributed by atoms with Crippen molar-refractivity contribution in [3.8, 4) is 0 Å². The molecule has 1 nitrogen and oxygen atoms in total. The molecule has 1 aliphatic rings. The zero-order chi connectivity index (χ0) is 15.8. The first kappa shape index (κ1) is 25.9. The second kappa shape index (κ2) is 12.5. The first-order valence-electron chi connectivity index (χ1n) is 6.62. The summed E-state index contributed by atoms with van der Waals surface area (Å²) in [6.45, 7) is 18.9. The average Bonchev–Trinajstić information content (AvgIpc) is 2.46. The Labute approximate surface area is 154 Å². The van der Waals surface area contributed by atoms with Crippen LogP contribution in [0, 0.1) is 12.0 Å². The minimum atomic E-state index is -0.136. The summed E-state index contributed by atoms with van der Waals surface area (Å²) in [6.07, 6.45) is 3.36. The van der Waals surface area contributed by atoms with Crippen LogP contribution in [0.5, 0.6) is 0 Å². The summed E-state index contributed by atoms with van der Waals surface area (Å²) in [5.74, 6) is 0.560. The summed E-state index contributed by atoms with van der Waals surface area (Å²) in [5, 5.41) is 0. The van der Waals surface area contributed by atoms with E-state index in [-0.39, 0.29) is 27.3 Å². The Hall–Kier alpha value is 0.951. The molecule has 0 saturated heterocycles. The molecule has 0 spiro atoms. The van der Waals surface area contributed by atoms with Gasteiger partial charge in [0.05, 0.1) is 0 Å². The molecule has 0 aromatic rings. The number of halogens is 2. The third kappa shape index (κ3) is 11.6. The standard InChI is InChI=1S/C9H13.C4H9Cl2N.C2H7Si.Ti/c1-6-5-7(2)9(4)8(6)3;1-4(2,3)7(5)6;1-3-2;/h6H,1-4H3;1-3H3;3H,1-2H3;/q-1;;;. The molecule has 1 radical (unpaired) electrons. The van der Waals surface area contributed by atoms with E-state index in [1.807, 2.05) is 20.8 Å². The molecule has 1 aliphatic carbocycles. The van der Waals surface area contributed by atoms with E-state index in [0.29, 0.717) is 5.92 Å². The van der Waals surface area contributed by atoms with Crippen LogP contribution in [0.2, 0.25) is 13.1 Å². The van der Waals surface area contributed by atoms with E-state index in [0.717, 1.165) is 13.5 Å². The fourth-order valence-corrected chi connectivity index (χ4v) is 1.16. The smallest absolute Gasteiger partial charge is 0.0442 e. The van der Waals surface area contributed by atoms with Crippen LogP contribution < -0.4 is 0 Å². The third-order valence-corrected chi connectivity index (χ3v) is 3.76. The molecule has 0 bridgehead atoms.